The van der Waals surface area contributed by atoms with E-state index >= 15 is 0 Å². The molecule has 2 aromatic carbocycles. The minimum atomic E-state index is -0.397. The van der Waals surface area contributed by atoms with Gasteiger partial charge in [0.15, 0.2) is 0 Å². The van der Waals surface area contributed by atoms with Gasteiger partial charge in [-0.1, -0.05) is 30.3 Å². The molecule has 2 rings (SSSR count). The highest BCUT2D eigenvalue weighted by atomic mass is 16.5. The molecule has 0 heterocycles. The maximum Gasteiger partial charge on any atom is 0.338 e. The summed E-state index contributed by atoms with van der Waals surface area (Å²) in [5.41, 5.74) is 2.03. The van der Waals surface area contributed by atoms with E-state index in [-0.39, 0.29) is 11.8 Å². The molecule has 0 fully saturated rings. The predicted octanol–water partition coefficient (Wildman–Crippen LogP) is 2.58. The molecular formula is C21H24N2O4. The second kappa shape index (κ2) is 10.1. The molecule has 1 N–H and O–H groups in total. The first-order valence-electron chi connectivity index (χ1n) is 8.87. The molecule has 0 atom stereocenters. The van der Waals surface area contributed by atoms with Crippen molar-refractivity contribution in [2.45, 2.75) is 20.3 Å². The first-order valence-corrected chi connectivity index (χ1v) is 8.87. The molecule has 142 valence electrons. The Labute approximate surface area is 159 Å². The van der Waals surface area contributed by atoms with E-state index in [1.165, 1.54) is 6.92 Å². The van der Waals surface area contributed by atoms with Crippen LogP contribution in [0.2, 0.25) is 0 Å². The lowest BCUT2D eigenvalue weighted by molar-refractivity contribution is -0.121. The van der Waals surface area contributed by atoms with Gasteiger partial charge in [0, 0.05) is 25.7 Å². The average molecular weight is 368 g/mol. The van der Waals surface area contributed by atoms with Crippen LogP contribution in [-0.4, -0.2) is 37.5 Å². The van der Waals surface area contributed by atoms with E-state index in [2.05, 4.69) is 5.32 Å². The number of nitrogens with zero attached hydrogens (tertiary/aromatic N) is 1. The molecule has 0 unspecified atom stereocenters. The third-order valence-corrected chi connectivity index (χ3v) is 3.94. The number of carbonyl (C=O) groups excluding carboxylic acids is 3. The molecule has 2 amide bonds. The van der Waals surface area contributed by atoms with Crippen LogP contribution in [0.1, 0.15) is 29.8 Å². The molecule has 0 aliphatic rings. The van der Waals surface area contributed by atoms with Gasteiger partial charge in [-0.15, -0.1) is 0 Å². The summed E-state index contributed by atoms with van der Waals surface area (Å²) in [5.74, 6) is -0.634. The second-order valence-corrected chi connectivity index (χ2v) is 5.95. The lowest BCUT2D eigenvalue weighted by Gasteiger charge is -2.21. The molecule has 2 aromatic rings. The molecular weight excluding hydrogens is 344 g/mol. The zero-order valence-corrected chi connectivity index (χ0v) is 15.6. The van der Waals surface area contributed by atoms with Crippen LogP contribution in [0.15, 0.2) is 54.6 Å². The zero-order valence-electron chi connectivity index (χ0n) is 15.6. The van der Waals surface area contributed by atoms with Crippen molar-refractivity contribution in [3.63, 3.8) is 0 Å². The summed E-state index contributed by atoms with van der Waals surface area (Å²) < 4.78 is 4.95. The van der Waals surface area contributed by atoms with E-state index in [1.807, 2.05) is 30.3 Å². The minimum absolute atomic E-state index is 0.0950. The van der Waals surface area contributed by atoms with Gasteiger partial charge in [-0.05, 0) is 36.8 Å². The van der Waals surface area contributed by atoms with Crippen LogP contribution in [0.5, 0.6) is 0 Å². The van der Waals surface area contributed by atoms with Crippen LogP contribution in [-0.2, 0) is 20.7 Å². The Morgan fingerprint density at radius 3 is 2.26 bits per heavy atom. The molecule has 0 bridgehead atoms. The Balaban J connectivity index is 1.90. The Hall–Kier alpha value is -3.15. The van der Waals surface area contributed by atoms with Gasteiger partial charge in [-0.2, -0.15) is 0 Å². The van der Waals surface area contributed by atoms with Crippen molar-refractivity contribution < 1.29 is 19.1 Å². The summed E-state index contributed by atoms with van der Waals surface area (Å²) in [7, 11) is 0. The number of anilines is 1. The fourth-order valence-corrected chi connectivity index (χ4v) is 2.61. The Kier molecular flexibility index (Phi) is 7.55. The van der Waals surface area contributed by atoms with Crippen molar-refractivity contribution in [3.8, 4) is 0 Å². The molecule has 0 spiro atoms. The highest BCUT2D eigenvalue weighted by molar-refractivity contribution is 5.93. The highest BCUT2D eigenvalue weighted by Gasteiger charge is 2.13. The summed E-state index contributed by atoms with van der Waals surface area (Å²) in [5, 5.41) is 2.83. The van der Waals surface area contributed by atoms with Crippen LogP contribution in [0.25, 0.3) is 0 Å². The standard InChI is InChI=1S/C21H24N2O4/c1-3-27-21(26)18-9-11-19(12-10-18)23(16(2)24)14-13-22-20(25)15-17-7-5-4-6-8-17/h4-12H,3,13-15H2,1-2H3,(H,22,25). The molecule has 27 heavy (non-hydrogen) atoms. The molecule has 0 saturated heterocycles. The minimum Gasteiger partial charge on any atom is -0.462 e. The summed E-state index contributed by atoms with van der Waals surface area (Å²) in [4.78, 5) is 37.2. The predicted molar refractivity (Wildman–Crippen MR) is 104 cm³/mol. The van der Waals surface area contributed by atoms with Crippen molar-refractivity contribution in [1.29, 1.82) is 0 Å². The smallest absolute Gasteiger partial charge is 0.338 e. The number of benzene rings is 2. The van der Waals surface area contributed by atoms with Gasteiger partial charge in [0.25, 0.3) is 0 Å². The van der Waals surface area contributed by atoms with Crippen molar-refractivity contribution in [1.82, 2.24) is 5.32 Å². The van der Waals surface area contributed by atoms with Crippen LogP contribution in [0, 0.1) is 0 Å². The third kappa shape index (κ3) is 6.26. The maximum atomic E-state index is 12.0. The van der Waals surface area contributed by atoms with Crippen LogP contribution < -0.4 is 10.2 Å². The lowest BCUT2D eigenvalue weighted by atomic mass is 10.1. The van der Waals surface area contributed by atoms with E-state index < -0.39 is 5.97 Å². The van der Waals surface area contributed by atoms with Crippen LogP contribution >= 0.6 is 0 Å². The summed E-state index contributed by atoms with van der Waals surface area (Å²) in [6, 6.07) is 16.1. The van der Waals surface area contributed by atoms with Gasteiger partial charge in [0.1, 0.15) is 0 Å². The average Bonchev–Trinajstić information content (AvgIpc) is 2.66. The fourth-order valence-electron chi connectivity index (χ4n) is 2.61. The quantitative estimate of drug-likeness (QED) is 0.727. The molecule has 0 saturated carbocycles. The number of ether oxygens (including phenoxy) is 1. The van der Waals surface area contributed by atoms with Crippen molar-refractivity contribution in [2.24, 2.45) is 0 Å². The van der Waals surface area contributed by atoms with Gasteiger partial charge in [-0.3, -0.25) is 9.59 Å². The van der Waals surface area contributed by atoms with Gasteiger partial charge in [0.2, 0.25) is 11.8 Å². The number of hydrogen-bond donors (Lipinski definition) is 1. The van der Waals surface area contributed by atoms with E-state index in [4.69, 9.17) is 4.74 Å². The first-order chi connectivity index (χ1) is 13.0. The first kappa shape index (κ1) is 20.2. The Morgan fingerprint density at radius 1 is 1.00 bits per heavy atom. The van der Waals surface area contributed by atoms with E-state index in [0.717, 1.165) is 5.56 Å². The SMILES string of the molecule is CCOC(=O)c1ccc(N(CCNC(=O)Cc2ccccc2)C(C)=O)cc1. The number of hydrogen-bond acceptors (Lipinski definition) is 4. The molecule has 6 heteroatoms. The van der Waals surface area contributed by atoms with Gasteiger partial charge < -0.3 is 15.0 Å². The number of rotatable bonds is 8. The van der Waals surface area contributed by atoms with Crippen molar-refractivity contribution in [2.75, 3.05) is 24.6 Å². The maximum absolute atomic E-state index is 12.0. The monoisotopic (exact) mass is 368 g/mol. The Bertz CT molecular complexity index is 773. The highest BCUT2D eigenvalue weighted by Crippen LogP contribution is 2.16. The summed E-state index contributed by atoms with van der Waals surface area (Å²) in [6.07, 6.45) is 0.301. The van der Waals surface area contributed by atoms with Gasteiger partial charge >= 0.3 is 5.97 Å². The number of esters is 1. The number of amides is 2. The van der Waals surface area contributed by atoms with E-state index in [0.29, 0.717) is 37.4 Å². The molecule has 0 aliphatic carbocycles. The molecule has 0 aliphatic heterocycles. The lowest BCUT2D eigenvalue weighted by Crippen LogP contribution is -2.38. The zero-order chi connectivity index (χ0) is 19.6. The van der Waals surface area contributed by atoms with Crippen LogP contribution in [0.3, 0.4) is 0 Å². The second-order valence-electron chi connectivity index (χ2n) is 5.95. The van der Waals surface area contributed by atoms with Crippen molar-refractivity contribution in [3.05, 3.63) is 65.7 Å². The van der Waals surface area contributed by atoms with Gasteiger partial charge in [-0.25, -0.2) is 4.79 Å². The molecule has 0 aromatic heterocycles. The van der Waals surface area contributed by atoms with Gasteiger partial charge in [0.05, 0.1) is 18.6 Å². The number of nitrogens with one attached hydrogen (secondary N) is 1. The third-order valence-electron chi connectivity index (χ3n) is 3.94. The number of carbonyl (C=O) groups is 3. The fraction of sp³-hybridized carbons (Fsp3) is 0.286. The normalized spacial score (nSPS) is 10.1. The molecule has 0 radical (unpaired) electrons. The Morgan fingerprint density at radius 2 is 1.67 bits per heavy atom. The van der Waals surface area contributed by atoms with Crippen molar-refractivity contribution >= 4 is 23.5 Å². The largest absolute Gasteiger partial charge is 0.462 e. The van der Waals surface area contributed by atoms with E-state index in [1.54, 1.807) is 36.1 Å². The summed E-state index contributed by atoms with van der Waals surface area (Å²) in [6.45, 7) is 4.20. The topological polar surface area (TPSA) is 75.7 Å². The van der Waals surface area contributed by atoms with E-state index in [9.17, 15) is 14.4 Å². The summed E-state index contributed by atoms with van der Waals surface area (Å²) >= 11 is 0. The van der Waals surface area contributed by atoms with Crippen LogP contribution in [0.4, 0.5) is 5.69 Å². The molecule has 6 nitrogen and oxygen atoms in total.